The summed E-state index contributed by atoms with van der Waals surface area (Å²) in [5, 5.41) is 0.775. The first kappa shape index (κ1) is 19.8. The molecule has 2 fully saturated rings. The number of carbonyl (C=O) groups is 1. The Bertz CT molecular complexity index is 867. The van der Waals surface area contributed by atoms with Crippen LogP contribution in [0.3, 0.4) is 0 Å². The molecular weight excluding hydrogens is 388 g/mol. The monoisotopic (exact) mass is 414 g/mol. The van der Waals surface area contributed by atoms with Gasteiger partial charge in [0, 0.05) is 35.5 Å². The lowest BCUT2D eigenvalue weighted by Crippen LogP contribution is -2.40. The van der Waals surface area contributed by atoms with Gasteiger partial charge in [-0.2, -0.15) is 0 Å². The van der Waals surface area contributed by atoms with Gasteiger partial charge in [-0.15, -0.1) is 11.8 Å². The van der Waals surface area contributed by atoms with Crippen molar-refractivity contribution in [2.75, 3.05) is 18.8 Å². The minimum atomic E-state index is 0.0305. The summed E-state index contributed by atoms with van der Waals surface area (Å²) in [6.45, 7) is 6.42. The smallest absolute Gasteiger partial charge is 0.237 e. The number of benzene rings is 2. The van der Waals surface area contributed by atoms with Gasteiger partial charge in [-0.3, -0.25) is 9.69 Å². The van der Waals surface area contributed by atoms with Crippen molar-refractivity contribution in [3.63, 3.8) is 0 Å². The quantitative estimate of drug-likeness (QED) is 0.649. The van der Waals surface area contributed by atoms with E-state index in [1.54, 1.807) is 0 Å². The number of amides is 1. The summed E-state index contributed by atoms with van der Waals surface area (Å²) in [6, 6.07) is 15.0. The molecule has 2 aliphatic rings. The van der Waals surface area contributed by atoms with Crippen molar-refractivity contribution in [1.82, 2.24) is 9.80 Å². The lowest BCUT2D eigenvalue weighted by Gasteiger charge is -2.29. The summed E-state index contributed by atoms with van der Waals surface area (Å²) in [6.07, 6.45) is 2.39. The van der Waals surface area contributed by atoms with Crippen LogP contribution in [0.4, 0.5) is 0 Å². The van der Waals surface area contributed by atoms with Crippen LogP contribution in [0.15, 0.2) is 42.5 Å². The van der Waals surface area contributed by atoms with Crippen LogP contribution in [0, 0.1) is 13.8 Å². The van der Waals surface area contributed by atoms with Crippen LogP contribution in [-0.4, -0.2) is 40.6 Å². The molecule has 0 bridgehead atoms. The van der Waals surface area contributed by atoms with E-state index in [4.69, 9.17) is 11.6 Å². The number of thioether (sulfide) groups is 1. The average molecular weight is 415 g/mol. The van der Waals surface area contributed by atoms with Gasteiger partial charge in [0.2, 0.25) is 5.91 Å². The molecule has 1 aliphatic carbocycles. The Morgan fingerprint density at radius 3 is 2.75 bits per heavy atom. The Kier molecular flexibility index (Phi) is 6.00. The Balaban J connectivity index is 1.49. The molecule has 1 amide bonds. The third-order valence-corrected chi connectivity index (χ3v) is 7.25. The zero-order valence-electron chi connectivity index (χ0n) is 16.5. The lowest BCUT2D eigenvalue weighted by atomic mass is 10.1. The lowest BCUT2D eigenvalue weighted by molar-refractivity contribution is -0.132. The Morgan fingerprint density at radius 1 is 1.21 bits per heavy atom. The second-order valence-electron chi connectivity index (χ2n) is 7.90. The fraction of sp³-hybridized carbons (Fsp3) is 0.435. The summed E-state index contributed by atoms with van der Waals surface area (Å²) < 4.78 is 0. The highest BCUT2D eigenvalue weighted by Gasteiger charge is 2.36. The van der Waals surface area contributed by atoms with Gasteiger partial charge in [-0.25, -0.2) is 0 Å². The molecule has 0 radical (unpaired) electrons. The molecule has 1 saturated heterocycles. The second-order valence-corrected chi connectivity index (χ2v) is 9.49. The predicted octanol–water partition coefficient (Wildman–Crippen LogP) is 5.20. The van der Waals surface area contributed by atoms with Crippen LogP contribution >= 0.6 is 23.4 Å². The van der Waals surface area contributed by atoms with Crippen molar-refractivity contribution >= 4 is 29.3 Å². The molecular formula is C23H27ClN2OS. The number of nitrogens with zero attached hydrogens (tertiary/aromatic N) is 2. The number of aryl methyl sites for hydroxylation is 2. The average Bonchev–Trinajstić information content (AvgIpc) is 3.41. The first-order valence-corrected chi connectivity index (χ1v) is 11.4. The van der Waals surface area contributed by atoms with Crippen LogP contribution in [0.5, 0.6) is 0 Å². The molecule has 0 unspecified atom stereocenters. The molecule has 0 aromatic heterocycles. The molecule has 0 N–H and O–H groups in total. The highest BCUT2D eigenvalue weighted by molar-refractivity contribution is 7.99. The fourth-order valence-electron chi connectivity index (χ4n) is 3.87. The third-order valence-electron chi connectivity index (χ3n) is 5.66. The van der Waals surface area contributed by atoms with Crippen LogP contribution in [0.1, 0.15) is 40.5 Å². The second kappa shape index (κ2) is 8.48. The SMILES string of the molecule is Cc1ccc(C)c(CN(CC(=O)N2CCS[C@@H]2c2ccccc2Cl)C2CC2)c1. The molecule has 4 rings (SSSR count). The van der Waals surface area contributed by atoms with Gasteiger partial charge >= 0.3 is 0 Å². The Hall–Kier alpha value is -1.49. The van der Waals surface area contributed by atoms with Gasteiger partial charge in [0.05, 0.1) is 6.54 Å². The Labute approximate surface area is 177 Å². The van der Waals surface area contributed by atoms with Crippen molar-refractivity contribution < 1.29 is 4.79 Å². The molecule has 2 aromatic carbocycles. The minimum Gasteiger partial charge on any atom is -0.325 e. The topological polar surface area (TPSA) is 23.6 Å². The summed E-state index contributed by atoms with van der Waals surface area (Å²) in [5.74, 6) is 1.18. The summed E-state index contributed by atoms with van der Waals surface area (Å²) in [5.41, 5.74) is 4.96. The third kappa shape index (κ3) is 4.40. The van der Waals surface area contributed by atoms with Crippen LogP contribution in [-0.2, 0) is 11.3 Å². The van der Waals surface area contributed by atoms with Crippen molar-refractivity contribution in [1.29, 1.82) is 0 Å². The maximum absolute atomic E-state index is 13.3. The van der Waals surface area contributed by atoms with Crippen molar-refractivity contribution in [2.45, 2.75) is 44.6 Å². The first-order valence-electron chi connectivity index (χ1n) is 9.98. The van der Waals surface area contributed by atoms with Crippen molar-refractivity contribution in [3.8, 4) is 0 Å². The molecule has 5 heteroatoms. The van der Waals surface area contributed by atoms with E-state index in [1.807, 2.05) is 40.9 Å². The number of halogens is 1. The number of carbonyl (C=O) groups excluding carboxylic acids is 1. The minimum absolute atomic E-state index is 0.0305. The molecule has 1 atom stereocenters. The van der Waals surface area contributed by atoms with E-state index in [0.29, 0.717) is 12.6 Å². The highest BCUT2D eigenvalue weighted by Crippen LogP contribution is 2.41. The molecule has 28 heavy (non-hydrogen) atoms. The summed E-state index contributed by atoms with van der Waals surface area (Å²) >= 11 is 8.23. The van der Waals surface area contributed by atoms with E-state index in [2.05, 4.69) is 36.9 Å². The van der Waals surface area contributed by atoms with Crippen molar-refractivity contribution in [2.24, 2.45) is 0 Å². The van der Waals surface area contributed by atoms with E-state index in [1.165, 1.54) is 29.5 Å². The maximum atomic E-state index is 13.3. The molecule has 1 saturated carbocycles. The van der Waals surface area contributed by atoms with Gasteiger partial charge in [-0.05, 0) is 43.9 Å². The normalized spacial score (nSPS) is 19.4. The number of rotatable bonds is 6. The fourth-order valence-corrected chi connectivity index (χ4v) is 5.48. The van der Waals surface area contributed by atoms with Gasteiger partial charge in [0.25, 0.3) is 0 Å². The summed E-state index contributed by atoms with van der Waals surface area (Å²) in [4.78, 5) is 17.6. The number of hydrogen-bond acceptors (Lipinski definition) is 3. The largest absolute Gasteiger partial charge is 0.325 e. The van der Waals surface area contributed by atoms with Gasteiger partial charge in [0.1, 0.15) is 5.37 Å². The Morgan fingerprint density at radius 2 is 2.00 bits per heavy atom. The molecule has 3 nitrogen and oxygen atoms in total. The predicted molar refractivity (Wildman–Crippen MR) is 118 cm³/mol. The zero-order valence-corrected chi connectivity index (χ0v) is 18.1. The van der Waals surface area contributed by atoms with Crippen LogP contribution in [0.25, 0.3) is 0 Å². The van der Waals surface area contributed by atoms with E-state index in [0.717, 1.165) is 29.4 Å². The summed E-state index contributed by atoms with van der Waals surface area (Å²) in [7, 11) is 0. The molecule has 148 valence electrons. The maximum Gasteiger partial charge on any atom is 0.237 e. The van der Waals surface area contributed by atoms with E-state index in [-0.39, 0.29) is 11.3 Å². The van der Waals surface area contributed by atoms with Crippen molar-refractivity contribution in [3.05, 3.63) is 69.7 Å². The highest BCUT2D eigenvalue weighted by atomic mass is 35.5. The van der Waals surface area contributed by atoms with Gasteiger partial charge in [0.15, 0.2) is 0 Å². The molecule has 1 heterocycles. The van der Waals surface area contributed by atoms with Crippen LogP contribution in [0.2, 0.25) is 5.02 Å². The molecule has 0 spiro atoms. The molecule has 1 aliphatic heterocycles. The number of hydrogen-bond donors (Lipinski definition) is 0. The van der Waals surface area contributed by atoms with E-state index < -0.39 is 0 Å². The first-order chi connectivity index (χ1) is 13.5. The van der Waals surface area contributed by atoms with E-state index in [9.17, 15) is 4.79 Å². The molecule has 2 aromatic rings. The zero-order chi connectivity index (χ0) is 19.7. The van der Waals surface area contributed by atoms with Crippen LogP contribution < -0.4 is 0 Å². The van der Waals surface area contributed by atoms with Gasteiger partial charge in [-0.1, -0.05) is 53.6 Å². The van der Waals surface area contributed by atoms with Gasteiger partial charge < -0.3 is 4.90 Å². The standard InChI is InChI=1S/C23H27ClN2OS/c1-16-7-8-17(2)18(13-16)14-25(19-9-10-19)15-22(27)26-11-12-28-23(26)20-5-3-4-6-21(20)24/h3-8,13,19,23H,9-12,14-15H2,1-2H3/t23-/m1/s1. The van der Waals surface area contributed by atoms with E-state index >= 15 is 0 Å².